The Morgan fingerprint density at radius 2 is 2.31 bits per heavy atom. The molecule has 2 rings (SSSR count). The first kappa shape index (κ1) is 11.0. The van der Waals surface area contributed by atoms with Gasteiger partial charge in [0.2, 0.25) is 5.91 Å². The highest BCUT2D eigenvalue weighted by atomic mass is 16.2. The predicted octanol–water partition coefficient (Wildman–Crippen LogP) is 2.11. The van der Waals surface area contributed by atoms with Crippen molar-refractivity contribution in [2.24, 2.45) is 0 Å². The number of nitrogens with one attached hydrogen (secondary N) is 2. The fourth-order valence-corrected chi connectivity index (χ4v) is 1.96. The number of para-hydroxylation sites is 1. The average Bonchev–Trinajstić information content (AvgIpc) is 2.72. The maximum atomic E-state index is 12.0. The van der Waals surface area contributed by atoms with Gasteiger partial charge in [-0.05, 0) is 25.0 Å². The van der Waals surface area contributed by atoms with Gasteiger partial charge < -0.3 is 10.6 Å². The summed E-state index contributed by atoms with van der Waals surface area (Å²) in [7, 11) is 0. The zero-order chi connectivity index (χ0) is 11.5. The van der Waals surface area contributed by atoms with Crippen molar-refractivity contribution in [1.82, 2.24) is 5.32 Å². The zero-order valence-electron chi connectivity index (χ0n) is 9.79. The van der Waals surface area contributed by atoms with Crippen LogP contribution in [0.3, 0.4) is 0 Å². The van der Waals surface area contributed by atoms with Crippen LogP contribution < -0.4 is 10.6 Å². The van der Waals surface area contributed by atoms with Gasteiger partial charge in [-0.1, -0.05) is 25.1 Å². The lowest BCUT2D eigenvalue weighted by Gasteiger charge is -2.15. The van der Waals surface area contributed by atoms with Gasteiger partial charge in [0.1, 0.15) is 0 Å². The van der Waals surface area contributed by atoms with E-state index in [0.29, 0.717) is 6.54 Å². The molecule has 0 aliphatic carbocycles. The fourth-order valence-electron chi connectivity index (χ4n) is 1.96. The average molecular weight is 218 g/mol. The number of hydrogen-bond acceptors (Lipinski definition) is 2. The van der Waals surface area contributed by atoms with Gasteiger partial charge in [0.05, 0.1) is 5.92 Å². The van der Waals surface area contributed by atoms with E-state index in [9.17, 15) is 4.79 Å². The van der Waals surface area contributed by atoms with Gasteiger partial charge in [-0.15, -0.1) is 0 Å². The van der Waals surface area contributed by atoms with Crippen LogP contribution in [0.15, 0.2) is 24.3 Å². The van der Waals surface area contributed by atoms with Crippen LogP contribution in [0.5, 0.6) is 0 Å². The number of rotatable bonds is 3. The highest BCUT2D eigenvalue weighted by molar-refractivity contribution is 5.88. The van der Waals surface area contributed by atoms with Gasteiger partial charge in [0, 0.05) is 18.3 Å². The molecule has 86 valence electrons. The first-order chi connectivity index (χ1) is 7.72. The van der Waals surface area contributed by atoms with Crippen molar-refractivity contribution >= 4 is 11.6 Å². The molecule has 0 fully saturated rings. The third kappa shape index (κ3) is 2.03. The molecule has 0 radical (unpaired) electrons. The van der Waals surface area contributed by atoms with E-state index in [4.69, 9.17) is 0 Å². The lowest BCUT2D eigenvalue weighted by molar-refractivity contribution is -0.122. The monoisotopic (exact) mass is 218 g/mol. The summed E-state index contributed by atoms with van der Waals surface area (Å²) in [6, 6.07) is 8.26. The van der Waals surface area contributed by atoms with Gasteiger partial charge >= 0.3 is 0 Å². The number of fused-ring (bicyclic) bond motifs is 1. The number of carbonyl (C=O) groups is 1. The first-order valence-corrected chi connectivity index (χ1v) is 5.85. The number of hydrogen-bond donors (Lipinski definition) is 2. The van der Waals surface area contributed by atoms with E-state index < -0.39 is 0 Å². The highest BCUT2D eigenvalue weighted by Gasteiger charge is 2.28. The third-order valence-corrected chi connectivity index (χ3v) is 3.15. The van der Waals surface area contributed by atoms with Crippen molar-refractivity contribution in [3.63, 3.8) is 0 Å². The van der Waals surface area contributed by atoms with Crippen LogP contribution in [0.2, 0.25) is 0 Å². The molecule has 0 bridgehead atoms. The lowest BCUT2D eigenvalue weighted by atomic mass is 10.00. The summed E-state index contributed by atoms with van der Waals surface area (Å²) in [5.41, 5.74) is 2.20. The maximum absolute atomic E-state index is 12.0. The van der Waals surface area contributed by atoms with Crippen molar-refractivity contribution in [2.45, 2.75) is 32.2 Å². The van der Waals surface area contributed by atoms with Crippen LogP contribution in [0, 0.1) is 0 Å². The van der Waals surface area contributed by atoms with E-state index in [-0.39, 0.29) is 17.9 Å². The van der Waals surface area contributed by atoms with Crippen LogP contribution in [0.4, 0.5) is 5.69 Å². The number of benzene rings is 1. The summed E-state index contributed by atoms with van der Waals surface area (Å²) >= 11 is 0. The first-order valence-electron chi connectivity index (χ1n) is 5.85. The van der Waals surface area contributed by atoms with Crippen LogP contribution in [-0.2, 0) is 4.79 Å². The minimum Gasteiger partial charge on any atom is -0.384 e. The molecule has 1 aliphatic rings. The van der Waals surface area contributed by atoms with E-state index in [0.717, 1.165) is 17.7 Å². The van der Waals surface area contributed by atoms with Gasteiger partial charge in [0.25, 0.3) is 0 Å². The van der Waals surface area contributed by atoms with E-state index >= 15 is 0 Å². The molecule has 3 nitrogen and oxygen atoms in total. The van der Waals surface area contributed by atoms with Crippen LogP contribution >= 0.6 is 0 Å². The van der Waals surface area contributed by atoms with E-state index in [1.165, 1.54) is 0 Å². The second-order valence-electron chi connectivity index (χ2n) is 4.34. The molecule has 3 heteroatoms. The van der Waals surface area contributed by atoms with E-state index in [2.05, 4.69) is 17.6 Å². The molecule has 2 N–H and O–H groups in total. The van der Waals surface area contributed by atoms with Gasteiger partial charge in [0.15, 0.2) is 0 Å². The summed E-state index contributed by atoms with van der Waals surface area (Å²) in [5, 5.41) is 6.29. The minimum atomic E-state index is -0.0369. The second-order valence-corrected chi connectivity index (χ2v) is 4.34. The maximum Gasteiger partial charge on any atom is 0.229 e. The van der Waals surface area contributed by atoms with Crippen molar-refractivity contribution in [1.29, 1.82) is 0 Å². The molecule has 0 aromatic heterocycles. The molecule has 2 atom stereocenters. The summed E-state index contributed by atoms with van der Waals surface area (Å²) < 4.78 is 0. The SMILES string of the molecule is CCC(C)NC(=O)C1CNc2ccccc21. The molecule has 0 spiro atoms. The molecule has 1 aromatic rings. The molecule has 0 saturated carbocycles. The Morgan fingerprint density at radius 3 is 3.06 bits per heavy atom. The van der Waals surface area contributed by atoms with Gasteiger partial charge in [-0.3, -0.25) is 4.79 Å². The van der Waals surface area contributed by atoms with Gasteiger partial charge in [-0.2, -0.15) is 0 Å². The fraction of sp³-hybridized carbons (Fsp3) is 0.462. The Hall–Kier alpha value is -1.51. The molecule has 1 heterocycles. The van der Waals surface area contributed by atoms with Crippen molar-refractivity contribution in [2.75, 3.05) is 11.9 Å². The highest BCUT2D eigenvalue weighted by Crippen LogP contribution is 2.30. The summed E-state index contributed by atoms with van der Waals surface area (Å²) in [5.74, 6) is 0.0944. The van der Waals surface area contributed by atoms with E-state index in [1.807, 2.05) is 31.2 Å². The molecule has 16 heavy (non-hydrogen) atoms. The molecule has 1 aromatic carbocycles. The van der Waals surface area contributed by atoms with Crippen molar-refractivity contribution in [3.05, 3.63) is 29.8 Å². The van der Waals surface area contributed by atoms with Gasteiger partial charge in [-0.25, -0.2) is 0 Å². The van der Waals surface area contributed by atoms with Crippen LogP contribution in [0.25, 0.3) is 0 Å². The van der Waals surface area contributed by atoms with Crippen molar-refractivity contribution in [3.8, 4) is 0 Å². The summed E-state index contributed by atoms with van der Waals surface area (Å²) in [6.07, 6.45) is 0.966. The molecule has 1 amide bonds. The molecular formula is C13H18N2O. The molecular weight excluding hydrogens is 200 g/mol. The number of amides is 1. The van der Waals surface area contributed by atoms with Crippen LogP contribution in [-0.4, -0.2) is 18.5 Å². The largest absolute Gasteiger partial charge is 0.384 e. The standard InChI is InChI=1S/C13H18N2O/c1-3-9(2)15-13(16)11-8-14-12-7-5-4-6-10(11)12/h4-7,9,11,14H,3,8H2,1-2H3,(H,15,16). The number of carbonyl (C=O) groups excluding carboxylic acids is 1. The molecule has 0 saturated heterocycles. The molecule has 1 aliphatic heterocycles. The lowest BCUT2D eigenvalue weighted by Crippen LogP contribution is -2.36. The summed E-state index contributed by atoms with van der Waals surface area (Å²) in [6.45, 7) is 4.82. The Morgan fingerprint density at radius 1 is 1.56 bits per heavy atom. The Kier molecular flexibility index (Phi) is 3.13. The van der Waals surface area contributed by atoms with E-state index in [1.54, 1.807) is 0 Å². The Bertz CT molecular complexity index is 389. The number of anilines is 1. The zero-order valence-corrected chi connectivity index (χ0v) is 9.79. The normalized spacial score (nSPS) is 19.8. The topological polar surface area (TPSA) is 41.1 Å². The smallest absolute Gasteiger partial charge is 0.229 e. The Balaban J connectivity index is 2.10. The van der Waals surface area contributed by atoms with Crippen LogP contribution in [0.1, 0.15) is 31.7 Å². The summed E-state index contributed by atoms with van der Waals surface area (Å²) in [4.78, 5) is 12.0. The quantitative estimate of drug-likeness (QED) is 0.815. The predicted molar refractivity (Wildman–Crippen MR) is 65.6 cm³/mol. The molecule has 2 unspecified atom stereocenters. The van der Waals surface area contributed by atoms with Crippen molar-refractivity contribution < 1.29 is 4.79 Å². The minimum absolute atomic E-state index is 0.0369. The second kappa shape index (κ2) is 4.56. The Labute approximate surface area is 96.2 Å². The third-order valence-electron chi connectivity index (χ3n) is 3.15.